The van der Waals surface area contributed by atoms with Crippen molar-refractivity contribution in [2.45, 2.75) is 0 Å². The fourth-order valence-electron chi connectivity index (χ4n) is 1.14. The molecule has 2 rings (SSSR count). The minimum absolute atomic E-state index is 0.415. The fraction of sp³-hybridized carbons (Fsp3) is 0. The van der Waals surface area contributed by atoms with E-state index in [0.717, 1.165) is 9.32 Å². The number of nitrogens with zero attached hydrogens (tertiary/aromatic N) is 1. The highest BCUT2D eigenvalue weighted by Gasteiger charge is 2.06. The lowest BCUT2D eigenvalue weighted by atomic mass is 10.3. The van der Waals surface area contributed by atoms with E-state index in [1.54, 1.807) is 12.1 Å². The molecule has 0 saturated heterocycles. The molecule has 0 unspecified atom stereocenters. The third kappa shape index (κ3) is 2.65. The molecular formula is C11H8BrIN2O. The van der Waals surface area contributed by atoms with Crippen LogP contribution in [0.2, 0.25) is 0 Å². The molecule has 1 heterocycles. The lowest BCUT2D eigenvalue weighted by Crippen LogP contribution is -1.96. The van der Waals surface area contributed by atoms with Crippen molar-refractivity contribution in [1.29, 1.82) is 0 Å². The van der Waals surface area contributed by atoms with E-state index in [1.165, 1.54) is 0 Å². The number of rotatable bonds is 2. The molecule has 16 heavy (non-hydrogen) atoms. The predicted octanol–water partition coefficient (Wildman–Crippen LogP) is 3.82. The standard InChI is InChI=1S/C11H8BrIN2O/c12-10-6-5-8(14)11(15-10)16-9-4-2-1-3-7(9)13/h1-6H,14H2. The summed E-state index contributed by atoms with van der Waals surface area (Å²) >= 11 is 5.48. The molecule has 0 aliphatic carbocycles. The Morgan fingerprint density at radius 2 is 1.94 bits per heavy atom. The van der Waals surface area contributed by atoms with Crippen molar-refractivity contribution in [2.75, 3.05) is 5.73 Å². The van der Waals surface area contributed by atoms with Gasteiger partial charge in [0.25, 0.3) is 0 Å². The van der Waals surface area contributed by atoms with Crippen LogP contribution in [0.3, 0.4) is 0 Å². The molecule has 1 aromatic heterocycles. The van der Waals surface area contributed by atoms with E-state index in [2.05, 4.69) is 43.5 Å². The highest BCUT2D eigenvalue weighted by Crippen LogP contribution is 2.29. The molecule has 0 radical (unpaired) electrons. The molecule has 0 atom stereocenters. The number of nitrogens with two attached hydrogens (primary N) is 1. The maximum atomic E-state index is 5.78. The second-order valence-corrected chi connectivity index (χ2v) is 5.04. The molecule has 2 N–H and O–H groups in total. The first-order valence-electron chi connectivity index (χ1n) is 4.51. The van der Waals surface area contributed by atoms with E-state index < -0.39 is 0 Å². The molecule has 3 nitrogen and oxygen atoms in total. The third-order valence-corrected chi connectivity index (χ3v) is 3.23. The van der Waals surface area contributed by atoms with Crippen LogP contribution < -0.4 is 10.5 Å². The zero-order valence-electron chi connectivity index (χ0n) is 8.15. The van der Waals surface area contributed by atoms with E-state index >= 15 is 0 Å². The Bertz CT molecular complexity index is 519. The smallest absolute Gasteiger partial charge is 0.243 e. The summed E-state index contributed by atoms with van der Waals surface area (Å²) in [6.45, 7) is 0. The Hall–Kier alpha value is -0.820. The molecule has 0 aliphatic rings. The molecule has 0 aliphatic heterocycles. The van der Waals surface area contributed by atoms with Crippen LogP contribution in [0.15, 0.2) is 41.0 Å². The van der Waals surface area contributed by atoms with Gasteiger partial charge in [0, 0.05) is 0 Å². The number of aromatic nitrogens is 1. The number of para-hydroxylation sites is 1. The zero-order chi connectivity index (χ0) is 11.5. The molecule has 82 valence electrons. The van der Waals surface area contributed by atoms with Crippen molar-refractivity contribution in [1.82, 2.24) is 4.98 Å². The maximum Gasteiger partial charge on any atom is 0.243 e. The normalized spacial score (nSPS) is 10.1. The van der Waals surface area contributed by atoms with Crippen LogP contribution in [0, 0.1) is 3.57 Å². The van der Waals surface area contributed by atoms with Crippen LogP contribution in [-0.4, -0.2) is 4.98 Å². The largest absolute Gasteiger partial charge is 0.436 e. The van der Waals surface area contributed by atoms with Crippen molar-refractivity contribution >= 4 is 44.2 Å². The van der Waals surface area contributed by atoms with Gasteiger partial charge in [0.2, 0.25) is 5.88 Å². The highest BCUT2D eigenvalue weighted by molar-refractivity contribution is 14.1. The minimum atomic E-state index is 0.415. The molecule has 1 aromatic carbocycles. The molecule has 0 spiro atoms. The summed E-state index contributed by atoms with van der Waals surface area (Å²) in [7, 11) is 0. The van der Waals surface area contributed by atoms with Crippen LogP contribution in [0.5, 0.6) is 11.6 Å². The van der Waals surface area contributed by atoms with Gasteiger partial charge in [0.15, 0.2) is 0 Å². The first kappa shape index (κ1) is 11.7. The lowest BCUT2D eigenvalue weighted by molar-refractivity contribution is 0.461. The summed E-state index contributed by atoms with van der Waals surface area (Å²) in [4.78, 5) is 4.18. The predicted molar refractivity (Wildman–Crippen MR) is 75.6 cm³/mol. The van der Waals surface area contributed by atoms with Crippen LogP contribution in [0.25, 0.3) is 0 Å². The number of hydrogen-bond acceptors (Lipinski definition) is 3. The van der Waals surface area contributed by atoms with Gasteiger partial charge in [-0.3, -0.25) is 0 Å². The number of anilines is 1. The summed E-state index contributed by atoms with van der Waals surface area (Å²) in [6, 6.07) is 11.2. The van der Waals surface area contributed by atoms with Crippen LogP contribution in [-0.2, 0) is 0 Å². The summed E-state index contributed by atoms with van der Waals surface area (Å²) in [5, 5.41) is 0. The quantitative estimate of drug-likeness (QED) is 0.626. The number of pyridine rings is 1. The van der Waals surface area contributed by atoms with Gasteiger partial charge in [0.05, 0.1) is 9.26 Å². The molecule has 2 aromatic rings. The van der Waals surface area contributed by atoms with E-state index in [-0.39, 0.29) is 0 Å². The average molecular weight is 391 g/mol. The van der Waals surface area contributed by atoms with Gasteiger partial charge in [-0.15, -0.1) is 0 Å². The minimum Gasteiger partial charge on any atom is -0.436 e. The summed E-state index contributed by atoms with van der Waals surface area (Å²) in [5.74, 6) is 1.17. The highest BCUT2D eigenvalue weighted by atomic mass is 127. The fourth-order valence-corrected chi connectivity index (χ4v) is 1.93. The monoisotopic (exact) mass is 390 g/mol. The van der Waals surface area contributed by atoms with Crippen molar-refractivity contribution in [3.8, 4) is 11.6 Å². The second kappa shape index (κ2) is 5.01. The average Bonchev–Trinajstić information content (AvgIpc) is 2.27. The number of halogens is 2. The summed E-state index contributed by atoms with van der Waals surface area (Å²) in [6.07, 6.45) is 0. The van der Waals surface area contributed by atoms with Gasteiger partial charge < -0.3 is 10.5 Å². The zero-order valence-corrected chi connectivity index (χ0v) is 11.9. The number of ether oxygens (including phenoxy) is 1. The number of hydrogen-bond donors (Lipinski definition) is 1. The van der Waals surface area contributed by atoms with Gasteiger partial charge in [-0.25, -0.2) is 4.98 Å². The Morgan fingerprint density at radius 1 is 1.19 bits per heavy atom. The third-order valence-electron chi connectivity index (χ3n) is 1.90. The molecule has 0 fully saturated rings. The SMILES string of the molecule is Nc1ccc(Br)nc1Oc1ccccc1I. The first-order chi connectivity index (χ1) is 7.66. The van der Waals surface area contributed by atoms with Crippen LogP contribution >= 0.6 is 38.5 Å². The Morgan fingerprint density at radius 3 is 2.69 bits per heavy atom. The molecule has 5 heteroatoms. The van der Waals surface area contributed by atoms with Gasteiger partial charge in [-0.1, -0.05) is 12.1 Å². The topological polar surface area (TPSA) is 48.1 Å². The van der Waals surface area contributed by atoms with E-state index in [0.29, 0.717) is 16.2 Å². The summed E-state index contributed by atoms with van der Waals surface area (Å²) < 4.78 is 7.36. The van der Waals surface area contributed by atoms with Crippen molar-refractivity contribution in [3.05, 3.63) is 44.6 Å². The molecule has 0 amide bonds. The van der Waals surface area contributed by atoms with Crippen molar-refractivity contribution in [3.63, 3.8) is 0 Å². The second-order valence-electron chi connectivity index (χ2n) is 3.06. The van der Waals surface area contributed by atoms with Gasteiger partial charge in [-0.05, 0) is 62.8 Å². The number of nitrogen functional groups attached to an aromatic ring is 1. The lowest BCUT2D eigenvalue weighted by Gasteiger charge is -2.08. The van der Waals surface area contributed by atoms with Crippen LogP contribution in [0.1, 0.15) is 0 Å². The molecule has 0 saturated carbocycles. The Kier molecular flexibility index (Phi) is 3.65. The van der Waals surface area contributed by atoms with Gasteiger partial charge in [0.1, 0.15) is 10.4 Å². The van der Waals surface area contributed by atoms with E-state index in [4.69, 9.17) is 10.5 Å². The number of benzene rings is 1. The van der Waals surface area contributed by atoms with Gasteiger partial charge in [-0.2, -0.15) is 0 Å². The van der Waals surface area contributed by atoms with E-state index in [1.807, 2.05) is 24.3 Å². The van der Waals surface area contributed by atoms with E-state index in [9.17, 15) is 0 Å². The Balaban J connectivity index is 2.34. The van der Waals surface area contributed by atoms with Crippen LogP contribution in [0.4, 0.5) is 5.69 Å². The molecule has 0 bridgehead atoms. The Labute approximate surface area is 115 Å². The van der Waals surface area contributed by atoms with Crippen molar-refractivity contribution in [2.24, 2.45) is 0 Å². The summed E-state index contributed by atoms with van der Waals surface area (Å²) in [5.41, 5.74) is 6.29. The molecular weight excluding hydrogens is 383 g/mol. The van der Waals surface area contributed by atoms with Crippen molar-refractivity contribution < 1.29 is 4.74 Å². The first-order valence-corrected chi connectivity index (χ1v) is 6.38. The van der Waals surface area contributed by atoms with Gasteiger partial charge >= 0.3 is 0 Å². The maximum absolute atomic E-state index is 5.78.